The molecule has 1 amide bonds. The number of nitrogens with zero attached hydrogens (tertiary/aromatic N) is 2. The van der Waals surface area contributed by atoms with Crippen LogP contribution in [-0.2, 0) is 23.0 Å². The lowest BCUT2D eigenvalue weighted by Gasteiger charge is -2.25. The van der Waals surface area contributed by atoms with Crippen molar-refractivity contribution >= 4 is 28.8 Å². The highest BCUT2D eigenvalue weighted by Gasteiger charge is 2.39. The minimum Gasteiger partial charge on any atom is -0.408 e. The summed E-state index contributed by atoms with van der Waals surface area (Å²) in [5.41, 5.74) is 4.17. The number of aromatic nitrogens is 1. The highest BCUT2D eigenvalue weighted by Crippen LogP contribution is 2.38. The Kier molecular flexibility index (Phi) is 6.69. The molecule has 0 bridgehead atoms. The van der Waals surface area contributed by atoms with Gasteiger partial charge in [0.15, 0.2) is 5.58 Å². The zero-order valence-corrected chi connectivity index (χ0v) is 20.4. The molecule has 35 heavy (non-hydrogen) atoms. The Balaban J connectivity index is 1.21. The second-order valence-electron chi connectivity index (χ2n) is 9.27. The van der Waals surface area contributed by atoms with Crippen LogP contribution in [0.5, 0.6) is 0 Å². The van der Waals surface area contributed by atoms with Crippen LogP contribution in [0.2, 0.25) is 0 Å². The molecule has 3 aromatic rings. The summed E-state index contributed by atoms with van der Waals surface area (Å²) in [5, 5.41) is 15.9. The average Bonchev–Trinajstić information content (AvgIpc) is 3.37. The number of nitrogens with one attached hydrogen (secondary N) is 2. The molecule has 0 saturated carbocycles. The predicted octanol–water partition coefficient (Wildman–Crippen LogP) is 2.60. The molecule has 3 atom stereocenters. The first-order chi connectivity index (χ1) is 17.0. The molecular formula is C26H28N4O4S. The van der Waals surface area contributed by atoms with Crippen LogP contribution in [0.25, 0.3) is 22.2 Å². The van der Waals surface area contributed by atoms with Gasteiger partial charge >= 0.3 is 5.76 Å². The summed E-state index contributed by atoms with van der Waals surface area (Å²) in [7, 11) is 1.68. The van der Waals surface area contributed by atoms with Crippen molar-refractivity contribution in [3.05, 3.63) is 58.6 Å². The number of rotatable bonds is 5. The normalized spacial score (nSPS) is 23.1. The number of ether oxygens (including phenoxy) is 1. The van der Waals surface area contributed by atoms with E-state index in [1.54, 1.807) is 13.1 Å². The van der Waals surface area contributed by atoms with Crippen molar-refractivity contribution in [2.24, 2.45) is 7.05 Å². The third kappa shape index (κ3) is 5.01. The standard InChI is InChI=1S/C26H28N4O4S/c1-30-21-12-19(7-8-22(21)34-25(30)32)18-5-3-17(4-6-18)11-20(13-27)29-24(31)23-14-28-15-26(16-33-23)9-2-10-35-26/h3-8,12,20,23,28H,2,9-11,14-16H2,1H3,(H,29,31)/t20-,23-,26?/m0/s1. The molecule has 5 rings (SSSR count). The number of thioether (sulfide) groups is 1. The Morgan fingerprint density at radius 3 is 2.86 bits per heavy atom. The maximum absolute atomic E-state index is 12.8. The number of oxazole rings is 1. The molecule has 182 valence electrons. The summed E-state index contributed by atoms with van der Waals surface area (Å²) >= 11 is 1.92. The highest BCUT2D eigenvalue weighted by molar-refractivity contribution is 8.01. The SMILES string of the molecule is Cn1c(=O)oc2ccc(-c3ccc(C[C@@H](C#N)NC(=O)[C@@H]4CNCC5(CCCS5)CO4)cc3)cc21. The molecule has 2 fully saturated rings. The largest absolute Gasteiger partial charge is 0.419 e. The van der Waals surface area contributed by atoms with Crippen LogP contribution in [0.3, 0.4) is 0 Å². The molecule has 2 aliphatic rings. The molecular weight excluding hydrogens is 464 g/mol. The van der Waals surface area contributed by atoms with Crippen LogP contribution in [-0.4, -0.2) is 52.8 Å². The zero-order chi connectivity index (χ0) is 24.4. The predicted molar refractivity (Wildman–Crippen MR) is 135 cm³/mol. The van der Waals surface area contributed by atoms with Gasteiger partial charge in [-0.1, -0.05) is 30.3 Å². The van der Waals surface area contributed by atoms with E-state index in [0.29, 0.717) is 25.2 Å². The first-order valence-electron chi connectivity index (χ1n) is 11.8. The lowest BCUT2D eigenvalue weighted by molar-refractivity contribution is -0.132. The summed E-state index contributed by atoms with van der Waals surface area (Å²) in [4.78, 5) is 24.6. The number of fused-ring (bicyclic) bond motifs is 1. The molecule has 8 nitrogen and oxygen atoms in total. The van der Waals surface area contributed by atoms with Crippen LogP contribution in [0.4, 0.5) is 0 Å². The Hall–Kier alpha value is -3.06. The van der Waals surface area contributed by atoms with Crippen LogP contribution in [0.1, 0.15) is 18.4 Å². The number of carbonyl (C=O) groups is 1. The maximum Gasteiger partial charge on any atom is 0.419 e. The molecule has 1 spiro atoms. The van der Waals surface area contributed by atoms with Crippen LogP contribution >= 0.6 is 11.8 Å². The van der Waals surface area contributed by atoms with E-state index in [9.17, 15) is 14.9 Å². The summed E-state index contributed by atoms with van der Waals surface area (Å²) in [5.74, 6) is 0.494. The quantitative estimate of drug-likeness (QED) is 0.563. The first kappa shape index (κ1) is 23.7. The molecule has 9 heteroatoms. The number of nitriles is 1. The van der Waals surface area contributed by atoms with Crippen LogP contribution < -0.4 is 16.4 Å². The molecule has 2 aromatic carbocycles. The van der Waals surface area contributed by atoms with E-state index in [4.69, 9.17) is 9.15 Å². The van der Waals surface area contributed by atoms with Gasteiger partial charge < -0.3 is 19.8 Å². The van der Waals surface area contributed by atoms with E-state index in [0.717, 1.165) is 40.9 Å². The molecule has 3 heterocycles. The summed E-state index contributed by atoms with van der Waals surface area (Å²) < 4.78 is 12.7. The summed E-state index contributed by atoms with van der Waals surface area (Å²) in [6, 6.07) is 15.0. The second-order valence-corrected chi connectivity index (χ2v) is 10.8. The lowest BCUT2D eigenvalue weighted by Crippen LogP contribution is -2.46. The number of aryl methyl sites for hydroxylation is 1. The average molecular weight is 493 g/mol. The van der Waals surface area contributed by atoms with E-state index in [1.807, 2.05) is 48.2 Å². The third-order valence-electron chi connectivity index (χ3n) is 6.79. The topological polar surface area (TPSA) is 109 Å². The van der Waals surface area contributed by atoms with Crippen molar-refractivity contribution in [2.75, 3.05) is 25.4 Å². The van der Waals surface area contributed by atoms with E-state index in [2.05, 4.69) is 16.7 Å². The Morgan fingerprint density at radius 2 is 2.11 bits per heavy atom. The molecule has 2 saturated heterocycles. The highest BCUT2D eigenvalue weighted by atomic mass is 32.2. The minimum absolute atomic E-state index is 0.0716. The van der Waals surface area contributed by atoms with Gasteiger partial charge in [-0.25, -0.2) is 4.79 Å². The fraction of sp³-hybridized carbons (Fsp3) is 0.423. The van der Waals surface area contributed by atoms with Crippen molar-refractivity contribution < 1.29 is 13.9 Å². The van der Waals surface area contributed by atoms with E-state index >= 15 is 0 Å². The molecule has 0 radical (unpaired) electrons. The van der Waals surface area contributed by atoms with Gasteiger partial charge in [-0.15, -0.1) is 0 Å². The van der Waals surface area contributed by atoms with Crippen molar-refractivity contribution in [2.45, 2.75) is 36.2 Å². The van der Waals surface area contributed by atoms with Gasteiger partial charge in [0.1, 0.15) is 12.1 Å². The number of carbonyl (C=O) groups excluding carboxylic acids is 1. The summed E-state index contributed by atoms with van der Waals surface area (Å²) in [6.07, 6.45) is 2.09. The van der Waals surface area contributed by atoms with Gasteiger partial charge in [0.25, 0.3) is 5.91 Å². The second kappa shape index (κ2) is 9.90. The number of benzene rings is 2. The van der Waals surface area contributed by atoms with Crippen LogP contribution in [0.15, 0.2) is 51.7 Å². The van der Waals surface area contributed by atoms with Gasteiger partial charge in [0.2, 0.25) is 0 Å². The Labute approximate surface area is 207 Å². The maximum atomic E-state index is 12.8. The van der Waals surface area contributed by atoms with E-state index < -0.39 is 12.1 Å². The third-order valence-corrected chi connectivity index (χ3v) is 8.36. The molecule has 2 N–H and O–H groups in total. The fourth-order valence-corrected chi connectivity index (χ4v) is 6.11. The summed E-state index contributed by atoms with van der Waals surface area (Å²) in [6.45, 7) is 1.85. The molecule has 1 unspecified atom stereocenters. The monoisotopic (exact) mass is 492 g/mol. The first-order valence-corrected chi connectivity index (χ1v) is 12.8. The smallest absolute Gasteiger partial charge is 0.408 e. The van der Waals surface area contributed by atoms with Gasteiger partial charge in [-0.05, 0) is 47.4 Å². The van der Waals surface area contributed by atoms with Crippen molar-refractivity contribution in [1.29, 1.82) is 5.26 Å². The molecule has 1 aromatic heterocycles. The van der Waals surface area contributed by atoms with Gasteiger partial charge in [-0.3, -0.25) is 9.36 Å². The number of amides is 1. The van der Waals surface area contributed by atoms with E-state index in [-0.39, 0.29) is 16.4 Å². The van der Waals surface area contributed by atoms with Gasteiger partial charge in [-0.2, -0.15) is 17.0 Å². The Morgan fingerprint density at radius 1 is 1.31 bits per heavy atom. The van der Waals surface area contributed by atoms with E-state index in [1.165, 1.54) is 11.0 Å². The fourth-order valence-electron chi connectivity index (χ4n) is 4.74. The minimum atomic E-state index is -0.646. The van der Waals surface area contributed by atoms with Crippen LogP contribution in [0, 0.1) is 11.3 Å². The number of hydrogen-bond acceptors (Lipinski definition) is 7. The zero-order valence-electron chi connectivity index (χ0n) is 19.6. The molecule has 2 aliphatic heterocycles. The lowest BCUT2D eigenvalue weighted by atomic mass is 10.0. The Bertz CT molecular complexity index is 1320. The van der Waals surface area contributed by atoms with Gasteiger partial charge in [0, 0.05) is 26.6 Å². The van der Waals surface area contributed by atoms with Crippen molar-refractivity contribution in [3.8, 4) is 17.2 Å². The molecule has 0 aliphatic carbocycles. The number of hydrogen-bond donors (Lipinski definition) is 2. The van der Waals surface area contributed by atoms with Crippen molar-refractivity contribution in [3.63, 3.8) is 0 Å². The van der Waals surface area contributed by atoms with Gasteiger partial charge in [0.05, 0.1) is 22.9 Å². The van der Waals surface area contributed by atoms with Crippen molar-refractivity contribution in [1.82, 2.24) is 15.2 Å².